The first kappa shape index (κ1) is 13.8. The molecule has 1 aromatic carbocycles. The fourth-order valence-corrected chi connectivity index (χ4v) is 1.96. The molecule has 0 aliphatic carbocycles. The maximum Gasteiger partial charge on any atom is 0.337 e. The van der Waals surface area contributed by atoms with Crippen LogP contribution in [0, 0.1) is 12.9 Å². The Morgan fingerprint density at radius 2 is 1.85 bits per heavy atom. The number of aromatic nitrogens is 1. The number of benzene rings is 1. The minimum Gasteiger partial charge on any atom is -0.465 e. The van der Waals surface area contributed by atoms with E-state index in [1.807, 2.05) is 0 Å². The van der Waals surface area contributed by atoms with Crippen molar-refractivity contribution in [1.29, 1.82) is 0 Å². The standard InChI is InChI=1S/C14H14FN3O2/c1-7-3-9(13(15)18-6-7)12-10(16)4-8(5-11(12)17)14(19)20-2/h3-6H,16-17H2,1-2H3. The van der Waals surface area contributed by atoms with Gasteiger partial charge in [0.1, 0.15) is 0 Å². The van der Waals surface area contributed by atoms with Gasteiger partial charge in [0.2, 0.25) is 5.95 Å². The first-order chi connectivity index (χ1) is 9.43. The maximum absolute atomic E-state index is 13.8. The summed E-state index contributed by atoms with van der Waals surface area (Å²) in [6, 6.07) is 4.40. The Labute approximate surface area is 115 Å². The summed E-state index contributed by atoms with van der Waals surface area (Å²) in [5.74, 6) is -1.22. The molecule has 0 fully saturated rings. The van der Waals surface area contributed by atoms with E-state index in [9.17, 15) is 9.18 Å². The monoisotopic (exact) mass is 275 g/mol. The Bertz CT molecular complexity index is 663. The molecule has 104 valence electrons. The van der Waals surface area contributed by atoms with Crippen LogP contribution in [0.2, 0.25) is 0 Å². The van der Waals surface area contributed by atoms with Gasteiger partial charge in [-0.2, -0.15) is 4.39 Å². The van der Waals surface area contributed by atoms with Crippen molar-refractivity contribution in [2.75, 3.05) is 18.6 Å². The van der Waals surface area contributed by atoms with Crippen molar-refractivity contribution >= 4 is 17.3 Å². The normalized spacial score (nSPS) is 10.3. The number of hydrogen-bond donors (Lipinski definition) is 2. The van der Waals surface area contributed by atoms with Gasteiger partial charge < -0.3 is 16.2 Å². The molecule has 0 saturated heterocycles. The molecule has 0 saturated carbocycles. The first-order valence-corrected chi connectivity index (χ1v) is 5.84. The molecule has 5 nitrogen and oxygen atoms in total. The molecule has 0 aliphatic rings. The summed E-state index contributed by atoms with van der Waals surface area (Å²) in [5, 5.41) is 0. The molecular weight excluding hydrogens is 261 g/mol. The lowest BCUT2D eigenvalue weighted by Crippen LogP contribution is -2.06. The van der Waals surface area contributed by atoms with Crippen molar-refractivity contribution in [2.24, 2.45) is 0 Å². The van der Waals surface area contributed by atoms with E-state index in [0.29, 0.717) is 5.56 Å². The molecule has 0 unspecified atom stereocenters. The SMILES string of the molecule is COC(=O)c1cc(N)c(-c2cc(C)cnc2F)c(N)c1. The highest BCUT2D eigenvalue weighted by atomic mass is 19.1. The lowest BCUT2D eigenvalue weighted by molar-refractivity contribution is 0.0601. The largest absolute Gasteiger partial charge is 0.465 e. The van der Waals surface area contributed by atoms with Crippen LogP contribution in [0.4, 0.5) is 15.8 Å². The van der Waals surface area contributed by atoms with Crippen LogP contribution >= 0.6 is 0 Å². The van der Waals surface area contributed by atoms with Crippen molar-refractivity contribution in [3.8, 4) is 11.1 Å². The highest BCUT2D eigenvalue weighted by Crippen LogP contribution is 2.34. The number of anilines is 2. The highest BCUT2D eigenvalue weighted by Gasteiger charge is 2.17. The minimum atomic E-state index is -0.667. The molecular formula is C14H14FN3O2. The van der Waals surface area contributed by atoms with E-state index in [1.54, 1.807) is 13.0 Å². The van der Waals surface area contributed by atoms with Crippen LogP contribution < -0.4 is 11.5 Å². The average Bonchev–Trinajstić information content (AvgIpc) is 2.40. The van der Waals surface area contributed by atoms with Gasteiger partial charge in [-0.1, -0.05) is 0 Å². The fraction of sp³-hybridized carbons (Fsp3) is 0.143. The van der Waals surface area contributed by atoms with Crippen molar-refractivity contribution in [3.63, 3.8) is 0 Å². The van der Waals surface area contributed by atoms with Crippen LogP contribution in [-0.2, 0) is 4.74 Å². The van der Waals surface area contributed by atoms with Gasteiger partial charge in [0.05, 0.1) is 12.7 Å². The van der Waals surface area contributed by atoms with E-state index in [4.69, 9.17) is 11.5 Å². The molecule has 1 heterocycles. The number of carbonyl (C=O) groups is 1. The van der Waals surface area contributed by atoms with Crippen molar-refractivity contribution in [3.05, 3.63) is 41.5 Å². The Morgan fingerprint density at radius 3 is 2.40 bits per heavy atom. The molecule has 0 atom stereocenters. The number of carbonyl (C=O) groups excluding carboxylic acids is 1. The molecule has 0 bridgehead atoms. The Balaban J connectivity index is 2.64. The number of rotatable bonds is 2. The number of esters is 1. The van der Waals surface area contributed by atoms with Crippen LogP contribution in [0.5, 0.6) is 0 Å². The van der Waals surface area contributed by atoms with Crippen LogP contribution in [0.3, 0.4) is 0 Å². The molecule has 4 N–H and O–H groups in total. The zero-order chi connectivity index (χ0) is 14.9. The summed E-state index contributed by atoms with van der Waals surface area (Å²) in [6.45, 7) is 1.78. The molecule has 1 aromatic heterocycles. The number of methoxy groups -OCH3 is 1. The smallest absolute Gasteiger partial charge is 0.337 e. The van der Waals surface area contributed by atoms with E-state index in [-0.39, 0.29) is 22.5 Å². The number of nitrogen functional groups attached to an aromatic ring is 2. The van der Waals surface area contributed by atoms with E-state index in [2.05, 4.69) is 9.72 Å². The molecule has 2 rings (SSSR count). The zero-order valence-electron chi connectivity index (χ0n) is 11.1. The van der Waals surface area contributed by atoms with Gasteiger partial charge in [-0.25, -0.2) is 9.78 Å². The van der Waals surface area contributed by atoms with Gasteiger partial charge in [-0.15, -0.1) is 0 Å². The van der Waals surface area contributed by atoms with Gasteiger partial charge in [0, 0.05) is 28.7 Å². The maximum atomic E-state index is 13.8. The van der Waals surface area contributed by atoms with E-state index in [1.165, 1.54) is 25.4 Å². The average molecular weight is 275 g/mol. The van der Waals surface area contributed by atoms with Gasteiger partial charge >= 0.3 is 5.97 Å². The summed E-state index contributed by atoms with van der Waals surface area (Å²) in [4.78, 5) is 15.1. The third kappa shape index (κ3) is 2.40. The van der Waals surface area contributed by atoms with Crippen LogP contribution in [0.1, 0.15) is 15.9 Å². The molecule has 20 heavy (non-hydrogen) atoms. The Kier molecular flexibility index (Phi) is 3.56. The molecule has 0 aliphatic heterocycles. The zero-order valence-corrected chi connectivity index (χ0v) is 11.1. The number of hydrogen-bond acceptors (Lipinski definition) is 5. The Morgan fingerprint density at radius 1 is 1.25 bits per heavy atom. The number of nitrogens with two attached hydrogens (primary N) is 2. The van der Waals surface area contributed by atoms with Gasteiger partial charge in [0.25, 0.3) is 0 Å². The number of aryl methyl sites for hydroxylation is 1. The lowest BCUT2D eigenvalue weighted by atomic mass is 9.99. The number of halogens is 1. The second-order valence-corrected chi connectivity index (χ2v) is 4.37. The van der Waals surface area contributed by atoms with Crippen LogP contribution in [-0.4, -0.2) is 18.1 Å². The summed E-state index contributed by atoms with van der Waals surface area (Å²) >= 11 is 0. The summed E-state index contributed by atoms with van der Waals surface area (Å²) in [7, 11) is 1.26. The third-order valence-corrected chi connectivity index (χ3v) is 2.87. The first-order valence-electron chi connectivity index (χ1n) is 5.84. The van der Waals surface area contributed by atoms with E-state index < -0.39 is 11.9 Å². The minimum absolute atomic E-state index is 0.191. The molecule has 0 radical (unpaired) electrons. The van der Waals surface area contributed by atoms with Gasteiger partial charge in [-0.05, 0) is 30.7 Å². The topological polar surface area (TPSA) is 91.2 Å². The van der Waals surface area contributed by atoms with Crippen LogP contribution in [0.25, 0.3) is 11.1 Å². The van der Waals surface area contributed by atoms with Gasteiger partial charge in [0.15, 0.2) is 0 Å². The summed E-state index contributed by atoms with van der Waals surface area (Å²) in [6.07, 6.45) is 1.41. The molecule has 0 amide bonds. The second-order valence-electron chi connectivity index (χ2n) is 4.37. The highest BCUT2D eigenvalue weighted by molar-refractivity contribution is 5.97. The molecule has 0 spiro atoms. The molecule has 6 heteroatoms. The van der Waals surface area contributed by atoms with E-state index in [0.717, 1.165) is 5.56 Å². The van der Waals surface area contributed by atoms with Crippen molar-refractivity contribution < 1.29 is 13.9 Å². The number of nitrogens with zero attached hydrogens (tertiary/aromatic N) is 1. The second kappa shape index (κ2) is 5.16. The Hall–Kier alpha value is -2.63. The molecule has 2 aromatic rings. The summed E-state index contributed by atoms with van der Waals surface area (Å²) in [5.41, 5.74) is 13.7. The third-order valence-electron chi connectivity index (χ3n) is 2.87. The van der Waals surface area contributed by atoms with E-state index >= 15 is 0 Å². The van der Waals surface area contributed by atoms with Crippen LogP contribution in [0.15, 0.2) is 24.4 Å². The number of ether oxygens (including phenoxy) is 1. The predicted molar refractivity (Wildman–Crippen MR) is 74.5 cm³/mol. The van der Waals surface area contributed by atoms with Crippen molar-refractivity contribution in [2.45, 2.75) is 6.92 Å². The fourth-order valence-electron chi connectivity index (χ4n) is 1.96. The predicted octanol–water partition coefficient (Wildman–Crippen LogP) is 2.15. The van der Waals surface area contributed by atoms with Gasteiger partial charge in [-0.3, -0.25) is 0 Å². The van der Waals surface area contributed by atoms with Crippen molar-refractivity contribution in [1.82, 2.24) is 4.98 Å². The summed E-state index contributed by atoms with van der Waals surface area (Å²) < 4.78 is 18.4. The lowest BCUT2D eigenvalue weighted by Gasteiger charge is -2.12. The quantitative estimate of drug-likeness (QED) is 0.498. The number of pyridine rings is 1.